The maximum atomic E-state index is 13.2. The van der Waals surface area contributed by atoms with Gasteiger partial charge in [-0.1, -0.05) is 25.7 Å². The second-order valence-electron chi connectivity index (χ2n) is 7.69. The topological polar surface area (TPSA) is 41.6 Å². The van der Waals surface area contributed by atoms with E-state index in [1.807, 2.05) is 0 Å². The first kappa shape index (κ1) is 19.0. The minimum atomic E-state index is -0.561. The van der Waals surface area contributed by atoms with Crippen LogP contribution in [0.4, 0.5) is 0 Å². The molecule has 2 saturated heterocycles. The first-order valence-corrected chi connectivity index (χ1v) is 9.25. The van der Waals surface area contributed by atoms with E-state index in [1.54, 1.807) is 7.11 Å². The molecule has 3 fully saturated rings. The zero-order valence-corrected chi connectivity index (χ0v) is 15.4. The Morgan fingerprint density at radius 2 is 1.57 bits per heavy atom. The molecule has 1 aliphatic carbocycles. The molecule has 0 radical (unpaired) electrons. The van der Waals surface area contributed by atoms with Gasteiger partial charge in [-0.15, -0.1) is 12.4 Å². The SMILES string of the molecule is COC1(C(=O)N2CCCC3(CCCCCC3)C2)CCNCC1.Cl. The highest BCUT2D eigenvalue weighted by Gasteiger charge is 2.45. The molecule has 1 saturated carbocycles. The molecule has 4 nitrogen and oxygen atoms in total. The normalized spacial score (nSPS) is 27.1. The van der Waals surface area contributed by atoms with E-state index in [0.29, 0.717) is 5.41 Å². The predicted molar refractivity (Wildman–Crippen MR) is 95.0 cm³/mol. The van der Waals surface area contributed by atoms with Crippen LogP contribution in [0.1, 0.15) is 64.2 Å². The number of ether oxygens (including phenoxy) is 1. The number of hydrogen-bond acceptors (Lipinski definition) is 3. The second kappa shape index (κ2) is 8.17. The summed E-state index contributed by atoms with van der Waals surface area (Å²) in [5.41, 5.74) is -0.152. The van der Waals surface area contributed by atoms with E-state index in [9.17, 15) is 4.79 Å². The first-order valence-electron chi connectivity index (χ1n) is 9.25. The highest BCUT2D eigenvalue weighted by molar-refractivity contribution is 5.86. The Morgan fingerprint density at radius 3 is 2.17 bits per heavy atom. The van der Waals surface area contributed by atoms with Gasteiger partial charge in [0.15, 0.2) is 0 Å². The maximum absolute atomic E-state index is 13.2. The third-order valence-corrected chi connectivity index (χ3v) is 6.30. The van der Waals surface area contributed by atoms with E-state index in [1.165, 1.54) is 51.4 Å². The first-order chi connectivity index (χ1) is 10.7. The average molecular weight is 345 g/mol. The Morgan fingerprint density at radius 1 is 0.957 bits per heavy atom. The minimum Gasteiger partial charge on any atom is -0.368 e. The summed E-state index contributed by atoms with van der Waals surface area (Å²) in [5.74, 6) is 0.264. The molecule has 0 atom stereocenters. The Labute approximate surface area is 147 Å². The number of amides is 1. The van der Waals surface area contributed by atoms with E-state index in [2.05, 4.69) is 10.2 Å². The highest BCUT2D eigenvalue weighted by Crippen LogP contribution is 2.43. The lowest BCUT2D eigenvalue weighted by molar-refractivity contribution is -0.162. The number of halogens is 1. The van der Waals surface area contributed by atoms with Gasteiger partial charge in [-0.25, -0.2) is 0 Å². The summed E-state index contributed by atoms with van der Waals surface area (Å²) in [7, 11) is 1.72. The van der Waals surface area contributed by atoms with E-state index in [0.717, 1.165) is 39.0 Å². The van der Waals surface area contributed by atoms with Crippen molar-refractivity contribution in [3.05, 3.63) is 0 Å². The molecule has 2 heterocycles. The van der Waals surface area contributed by atoms with Gasteiger partial charge >= 0.3 is 0 Å². The molecule has 0 unspecified atom stereocenters. The molecular formula is C18H33ClN2O2. The van der Waals surface area contributed by atoms with Crippen LogP contribution in [-0.2, 0) is 9.53 Å². The summed E-state index contributed by atoms with van der Waals surface area (Å²) in [5, 5.41) is 3.35. The molecule has 0 bridgehead atoms. The molecule has 5 heteroatoms. The number of likely N-dealkylation sites (tertiary alicyclic amines) is 1. The van der Waals surface area contributed by atoms with Crippen molar-refractivity contribution in [1.82, 2.24) is 10.2 Å². The average Bonchev–Trinajstić information content (AvgIpc) is 2.80. The summed E-state index contributed by atoms with van der Waals surface area (Å²) in [4.78, 5) is 15.3. The highest BCUT2D eigenvalue weighted by atomic mass is 35.5. The number of nitrogens with zero attached hydrogens (tertiary/aromatic N) is 1. The number of carbonyl (C=O) groups excluding carboxylic acids is 1. The quantitative estimate of drug-likeness (QED) is 0.836. The molecule has 0 aromatic heterocycles. The third-order valence-electron chi connectivity index (χ3n) is 6.30. The van der Waals surface area contributed by atoms with Gasteiger partial charge in [0, 0.05) is 20.2 Å². The fourth-order valence-corrected chi connectivity index (χ4v) is 4.89. The zero-order valence-electron chi connectivity index (χ0n) is 14.6. The van der Waals surface area contributed by atoms with Crippen LogP contribution in [0.2, 0.25) is 0 Å². The van der Waals surface area contributed by atoms with E-state index in [-0.39, 0.29) is 18.3 Å². The largest absolute Gasteiger partial charge is 0.368 e. The summed E-state index contributed by atoms with van der Waals surface area (Å²) in [6.45, 7) is 3.68. The van der Waals surface area contributed by atoms with Gasteiger partial charge in [0.25, 0.3) is 5.91 Å². The van der Waals surface area contributed by atoms with Crippen LogP contribution < -0.4 is 5.32 Å². The molecule has 0 aromatic rings. The summed E-state index contributed by atoms with van der Waals surface area (Å²) in [6.07, 6.45) is 12.2. The van der Waals surface area contributed by atoms with Crippen molar-refractivity contribution in [3.8, 4) is 0 Å². The molecule has 1 amide bonds. The molecule has 3 aliphatic rings. The fraction of sp³-hybridized carbons (Fsp3) is 0.944. The van der Waals surface area contributed by atoms with Crippen LogP contribution in [0.25, 0.3) is 0 Å². The summed E-state index contributed by atoms with van der Waals surface area (Å²) in [6, 6.07) is 0. The molecule has 1 spiro atoms. The maximum Gasteiger partial charge on any atom is 0.254 e. The molecule has 134 valence electrons. The van der Waals surface area contributed by atoms with Gasteiger partial charge in [-0.05, 0) is 57.0 Å². The fourth-order valence-electron chi connectivity index (χ4n) is 4.89. The van der Waals surface area contributed by atoms with Gasteiger partial charge in [0.05, 0.1) is 0 Å². The van der Waals surface area contributed by atoms with Gasteiger partial charge in [-0.3, -0.25) is 4.79 Å². The van der Waals surface area contributed by atoms with Crippen molar-refractivity contribution >= 4 is 18.3 Å². The van der Waals surface area contributed by atoms with Crippen molar-refractivity contribution in [2.75, 3.05) is 33.3 Å². The molecular weight excluding hydrogens is 312 g/mol. The lowest BCUT2D eigenvalue weighted by atomic mass is 9.73. The standard InChI is InChI=1S/C18H32N2O2.ClH/c1-22-18(10-12-19-13-11-18)16(21)20-14-6-9-17(15-20)7-4-2-3-5-8-17;/h19H,2-15H2,1H3;1H. The number of hydrogen-bond donors (Lipinski definition) is 1. The van der Waals surface area contributed by atoms with Crippen molar-refractivity contribution in [1.29, 1.82) is 0 Å². The van der Waals surface area contributed by atoms with Gasteiger partial charge in [0.2, 0.25) is 0 Å². The van der Waals surface area contributed by atoms with E-state index >= 15 is 0 Å². The minimum absolute atomic E-state index is 0. The van der Waals surface area contributed by atoms with Crippen molar-refractivity contribution in [3.63, 3.8) is 0 Å². The zero-order chi connectivity index (χ0) is 15.5. The summed E-state index contributed by atoms with van der Waals surface area (Å²) >= 11 is 0. The third kappa shape index (κ3) is 4.02. The second-order valence-corrected chi connectivity index (χ2v) is 7.69. The van der Waals surface area contributed by atoms with Crippen molar-refractivity contribution in [2.24, 2.45) is 5.41 Å². The van der Waals surface area contributed by atoms with Crippen LogP contribution in [0, 0.1) is 5.41 Å². The lowest BCUT2D eigenvalue weighted by Gasteiger charge is -2.46. The number of piperidine rings is 2. The smallest absolute Gasteiger partial charge is 0.254 e. The van der Waals surface area contributed by atoms with Gasteiger partial charge in [-0.2, -0.15) is 0 Å². The molecule has 2 aliphatic heterocycles. The van der Waals surface area contributed by atoms with E-state index < -0.39 is 5.60 Å². The molecule has 3 rings (SSSR count). The molecule has 23 heavy (non-hydrogen) atoms. The Kier molecular flexibility index (Phi) is 6.76. The number of methoxy groups -OCH3 is 1. The molecule has 0 aromatic carbocycles. The Balaban J connectivity index is 0.00000192. The van der Waals surface area contributed by atoms with Crippen molar-refractivity contribution < 1.29 is 9.53 Å². The Hall–Kier alpha value is -0.320. The van der Waals surface area contributed by atoms with Crippen LogP contribution in [-0.4, -0.2) is 49.7 Å². The summed E-state index contributed by atoms with van der Waals surface area (Å²) < 4.78 is 5.76. The predicted octanol–water partition coefficient (Wildman–Crippen LogP) is 3.14. The Bertz CT molecular complexity index is 388. The van der Waals surface area contributed by atoms with Crippen LogP contribution in [0.3, 0.4) is 0 Å². The monoisotopic (exact) mass is 344 g/mol. The van der Waals surface area contributed by atoms with Gasteiger partial charge < -0.3 is 15.0 Å². The molecule has 1 N–H and O–H groups in total. The van der Waals surface area contributed by atoms with Gasteiger partial charge in [0.1, 0.15) is 5.60 Å². The van der Waals surface area contributed by atoms with Crippen LogP contribution >= 0.6 is 12.4 Å². The number of carbonyl (C=O) groups is 1. The van der Waals surface area contributed by atoms with E-state index in [4.69, 9.17) is 4.74 Å². The number of rotatable bonds is 2. The lowest BCUT2D eigenvalue weighted by Crippen LogP contribution is -2.58. The van der Waals surface area contributed by atoms with Crippen LogP contribution in [0.5, 0.6) is 0 Å². The van der Waals surface area contributed by atoms with Crippen LogP contribution in [0.15, 0.2) is 0 Å². The van der Waals surface area contributed by atoms with Crippen molar-refractivity contribution in [2.45, 2.75) is 69.8 Å². The number of nitrogens with one attached hydrogen (secondary N) is 1.